The first kappa shape index (κ1) is 26.2. The van der Waals surface area contributed by atoms with Gasteiger partial charge < -0.3 is 14.5 Å². The standard InChI is InChI=1S/C28H17Cl2N3O5S/c29-18-9-12-20-23(14-18)39-25(24(20)30)27(35)32-19-10-7-16(8-11-19)26(34)33-31-15-17-4-1-2-5-21(17)38-28(36)22-6-3-13-37-22/h1-15H,(H,32,35)(H,33,34)/b31-15-. The highest BCUT2D eigenvalue weighted by molar-refractivity contribution is 7.21. The van der Waals surface area contributed by atoms with E-state index >= 15 is 0 Å². The van der Waals surface area contributed by atoms with Crippen molar-refractivity contribution in [1.29, 1.82) is 0 Å². The number of amides is 2. The molecule has 0 aliphatic carbocycles. The second-order valence-corrected chi connectivity index (χ2v) is 9.89. The Kier molecular flexibility index (Phi) is 7.74. The summed E-state index contributed by atoms with van der Waals surface area (Å²) in [6.45, 7) is 0. The zero-order valence-corrected chi connectivity index (χ0v) is 22.1. The number of carbonyl (C=O) groups excluding carboxylic acids is 3. The number of nitrogens with one attached hydrogen (secondary N) is 2. The lowest BCUT2D eigenvalue weighted by molar-refractivity contribution is 0.0700. The van der Waals surface area contributed by atoms with Gasteiger partial charge in [-0.2, -0.15) is 5.10 Å². The molecule has 0 atom stereocenters. The van der Waals surface area contributed by atoms with Crippen molar-refractivity contribution in [1.82, 2.24) is 5.43 Å². The van der Waals surface area contributed by atoms with E-state index in [1.54, 1.807) is 72.8 Å². The first-order valence-corrected chi connectivity index (χ1v) is 12.9. The molecule has 0 aliphatic rings. The Morgan fingerprint density at radius 3 is 2.49 bits per heavy atom. The molecule has 8 nitrogen and oxygen atoms in total. The molecule has 3 aromatic carbocycles. The van der Waals surface area contributed by atoms with Crippen molar-refractivity contribution in [3.8, 4) is 5.75 Å². The Hall–Kier alpha value is -4.44. The predicted molar refractivity (Wildman–Crippen MR) is 151 cm³/mol. The maximum atomic E-state index is 12.8. The summed E-state index contributed by atoms with van der Waals surface area (Å²) in [6, 6.07) is 21.3. The summed E-state index contributed by atoms with van der Waals surface area (Å²) in [4.78, 5) is 37.9. The SMILES string of the molecule is O=C(N/N=C\c1ccccc1OC(=O)c1ccco1)c1ccc(NC(=O)c2sc3cc(Cl)ccc3c2Cl)cc1. The summed E-state index contributed by atoms with van der Waals surface area (Å²) < 4.78 is 11.2. The number of para-hydroxylation sites is 1. The monoisotopic (exact) mass is 577 g/mol. The third-order valence-corrected chi connectivity index (χ3v) is 7.31. The van der Waals surface area contributed by atoms with Crippen LogP contribution in [0.3, 0.4) is 0 Å². The molecule has 39 heavy (non-hydrogen) atoms. The minimum absolute atomic E-state index is 0.0616. The number of hydrogen-bond acceptors (Lipinski definition) is 7. The van der Waals surface area contributed by atoms with Crippen molar-refractivity contribution < 1.29 is 23.5 Å². The van der Waals surface area contributed by atoms with E-state index in [0.29, 0.717) is 31.7 Å². The van der Waals surface area contributed by atoms with Gasteiger partial charge in [0.2, 0.25) is 5.76 Å². The molecule has 0 radical (unpaired) electrons. The second-order valence-electron chi connectivity index (χ2n) is 8.02. The number of benzene rings is 3. The number of furan rings is 1. The van der Waals surface area contributed by atoms with Crippen molar-refractivity contribution >= 4 is 74.3 Å². The molecule has 194 valence electrons. The zero-order chi connectivity index (χ0) is 27.4. The number of anilines is 1. The quantitative estimate of drug-likeness (QED) is 0.0932. The zero-order valence-electron chi connectivity index (χ0n) is 19.8. The molecular weight excluding hydrogens is 561 g/mol. The molecule has 0 saturated carbocycles. The van der Waals surface area contributed by atoms with Crippen LogP contribution in [0.4, 0.5) is 5.69 Å². The third kappa shape index (κ3) is 6.01. The molecule has 0 saturated heterocycles. The van der Waals surface area contributed by atoms with E-state index in [9.17, 15) is 14.4 Å². The van der Waals surface area contributed by atoms with Crippen LogP contribution in [0.25, 0.3) is 10.1 Å². The van der Waals surface area contributed by atoms with Crippen molar-refractivity contribution in [3.05, 3.63) is 117 Å². The average Bonchev–Trinajstić information content (AvgIpc) is 3.58. The van der Waals surface area contributed by atoms with Gasteiger partial charge in [-0.25, -0.2) is 10.2 Å². The molecule has 5 aromatic rings. The van der Waals surface area contributed by atoms with E-state index in [1.807, 2.05) is 0 Å². The van der Waals surface area contributed by atoms with E-state index in [4.69, 9.17) is 32.4 Å². The van der Waals surface area contributed by atoms with Crippen LogP contribution >= 0.6 is 34.5 Å². The number of hydrogen-bond donors (Lipinski definition) is 2. The van der Waals surface area contributed by atoms with Gasteiger partial charge in [0.1, 0.15) is 10.6 Å². The van der Waals surface area contributed by atoms with Crippen LogP contribution in [-0.4, -0.2) is 24.0 Å². The number of carbonyl (C=O) groups is 3. The number of fused-ring (bicyclic) bond motifs is 1. The summed E-state index contributed by atoms with van der Waals surface area (Å²) in [5.41, 5.74) is 3.70. The van der Waals surface area contributed by atoms with E-state index in [2.05, 4.69) is 15.8 Å². The minimum atomic E-state index is -0.656. The molecule has 2 amide bonds. The van der Waals surface area contributed by atoms with E-state index in [-0.39, 0.29) is 17.4 Å². The first-order chi connectivity index (χ1) is 18.9. The number of nitrogens with zero attached hydrogens (tertiary/aromatic N) is 1. The minimum Gasteiger partial charge on any atom is -0.457 e. The van der Waals surface area contributed by atoms with Crippen molar-refractivity contribution in [2.45, 2.75) is 0 Å². The Labute approximate surface area is 235 Å². The number of halogens is 2. The third-order valence-electron chi connectivity index (χ3n) is 5.42. The molecular formula is C28H17Cl2N3O5S. The lowest BCUT2D eigenvalue weighted by Gasteiger charge is -2.06. The highest BCUT2D eigenvalue weighted by atomic mass is 35.5. The molecule has 0 unspecified atom stereocenters. The fourth-order valence-electron chi connectivity index (χ4n) is 3.53. The van der Waals surface area contributed by atoms with Gasteiger partial charge in [0.15, 0.2) is 0 Å². The second kappa shape index (κ2) is 11.5. The smallest absolute Gasteiger partial charge is 0.379 e. The van der Waals surface area contributed by atoms with Gasteiger partial charge >= 0.3 is 5.97 Å². The molecule has 2 N–H and O–H groups in total. The van der Waals surface area contributed by atoms with Crippen LogP contribution < -0.4 is 15.5 Å². The van der Waals surface area contributed by atoms with Crippen molar-refractivity contribution in [2.24, 2.45) is 5.10 Å². The van der Waals surface area contributed by atoms with Gasteiger partial charge in [-0.1, -0.05) is 41.4 Å². The fourth-order valence-corrected chi connectivity index (χ4v) is 5.22. The number of ether oxygens (including phenoxy) is 1. The summed E-state index contributed by atoms with van der Waals surface area (Å²) in [7, 11) is 0. The van der Waals surface area contributed by atoms with Gasteiger partial charge in [-0.05, 0) is 60.7 Å². The van der Waals surface area contributed by atoms with Gasteiger partial charge in [-0.3, -0.25) is 9.59 Å². The van der Waals surface area contributed by atoms with E-state index in [1.165, 1.54) is 29.9 Å². The molecule has 11 heteroatoms. The fraction of sp³-hybridized carbons (Fsp3) is 0. The van der Waals surface area contributed by atoms with Crippen molar-refractivity contribution in [3.63, 3.8) is 0 Å². The van der Waals surface area contributed by atoms with Crippen LogP contribution in [0.1, 0.15) is 36.1 Å². The van der Waals surface area contributed by atoms with Crippen LogP contribution in [-0.2, 0) is 0 Å². The number of rotatable bonds is 7. The van der Waals surface area contributed by atoms with E-state index in [0.717, 1.165) is 10.1 Å². The van der Waals surface area contributed by atoms with E-state index < -0.39 is 11.9 Å². The number of thiophene rings is 1. The highest BCUT2D eigenvalue weighted by Gasteiger charge is 2.18. The van der Waals surface area contributed by atoms with Gasteiger partial charge in [0.25, 0.3) is 11.8 Å². The number of esters is 1. The Bertz CT molecular complexity index is 1710. The number of hydrazone groups is 1. The maximum absolute atomic E-state index is 12.8. The molecule has 0 fully saturated rings. The molecule has 2 heterocycles. The summed E-state index contributed by atoms with van der Waals surface area (Å²) in [5, 5.41) is 8.41. The largest absolute Gasteiger partial charge is 0.457 e. The van der Waals surface area contributed by atoms with Crippen LogP contribution in [0.2, 0.25) is 10.0 Å². The molecule has 0 spiro atoms. The summed E-state index contributed by atoms with van der Waals surface area (Å²) in [5.74, 6) is -1.19. The maximum Gasteiger partial charge on any atom is 0.379 e. The lowest BCUT2D eigenvalue weighted by Crippen LogP contribution is -2.18. The first-order valence-electron chi connectivity index (χ1n) is 11.4. The summed E-state index contributed by atoms with van der Waals surface area (Å²) >= 11 is 13.7. The van der Waals surface area contributed by atoms with Crippen molar-refractivity contribution in [2.75, 3.05) is 5.32 Å². The molecule has 0 bridgehead atoms. The average molecular weight is 578 g/mol. The van der Waals surface area contributed by atoms with Crippen LogP contribution in [0.15, 0.2) is 94.6 Å². The molecule has 5 rings (SSSR count). The van der Waals surface area contributed by atoms with Gasteiger partial charge in [-0.15, -0.1) is 11.3 Å². The molecule has 2 aromatic heterocycles. The van der Waals surface area contributed by atoms with Crippen LogP contribution in [0.5, 0.6) is 5.75 Å². The predicted octanol–water partition coefficient (Wildman–Crippen LogP) is 7.04. The van der Waals surface area contributed by atoms with Crippen LogP contribution in [0, 0.1) is 0 Å². The lowest BCUT2D eigenvalue weighted by atomic mass is 10.2. The topological polar surface area (TPSA) is 110 Å². The highest BCUT2D eigenvalue weighted by Crippen LogP contribution is 2.37. The van der Waals surface area contributed by atoms with Gasteiger partial charge in [0, 0.05) is 31.9 Å². The Morgan fingerprint density at radius 2 is 1.72 bits per heavy atom. The summed E-state index contributed by atoms with van der Waals surface area (Å²) in [6.07, 6.45) is 2.73. The molecule has 0 aliphatic heterocycles. The Balaban J connectivity index is 1.20. The van der Waals surface area contributed by atoms with Gasteiger partial charge in [0.05, 0.1) is 17.5 Å². The normalized spacial score (nSPS) is 11.0. The Morgan fingerprint density at radius 1 is 0.923 bits per heavy atom.